The second kappa shape index (κ2) is 30.3. The Hall–Kier alpha value is 0.0300. The molecule has 0 aliphatic heterocycles. The molecular weight excluding hydrogens is 470 g/mol. The fourth-order valence-electron chi connectivity index (χ4n) is 2.84. The third-order valence-electron chi connectivity index (χ3n) is 4.67. The Morgan fingerprint density at radius 3 is 1.34 bits per heavy atom. The van der Waals surface area contributed by atoms with Crippen LogP contribution in [0.5, 0.6) is 0 Å². The van der Waals surface area contributed by atoms with E-state index < -0.39 is 0 Å². The lowest BCUT2D eigenvalue weighted by atomic mass is 10.1. The first-order valence-corrected chi connectivity index (χ1v) is 13.8. The first-order valence-electron chi connectivity index (χ1n) is 13.4. The van der Waals surface area contributed by atoms with Crippen LogP contribution in [0.4, 0.5) is 0 Å². The molecule has 35 heavy (non-hydrogen) atoms. The zero-order valence-corrected chi connectivity index (χ0v) is 24.6. The van der Waals surface area contributed by atoms with Crippen LogP contribution in [-0.2, 0) is 33.2 Å². The number of likely N-dealkylation sites (N-methyl/N-ethyl adjacent to an activating group) is 1. The summed E-state index contributed by atoms with van der Waals surface area (Å²) >= 11 is 4.60. The van der Waals surface area contributed by atoms with E-state index >= 15 is 0 Å². The molecule has 0 bridgehead atoms. The maximum atomic E-state index is 5.61. The SMILES string of the molecule is CCC.CCCC(C)(S)COCCOCCOCCOCCOCCOCCN(CC)CCOC. The fourth-order valence-corrected chi connectivity index (χ4v) is 3.16. The van der Waals surface area contributed by atoms with Gasteiger partial charge < -0.3 is 33.2 Å². The first kappa shape index (κ1) is 37.2. The zero-order chi connectivity index (χ0) is 26.5. The molecule has 0 saturated carbocycles. The lowest BCUT2D eigenvalue weighted by molar-refractivity contribution is -0.0184. The number of rotatable bonds is 26. The Morgan fingerprint density at radius 2 is 0.971 bits per heavy atom. The van der Waals surface area contributed by atoms with Gasteiger partial charge in [0.05, 0.1) is 85.9 Å². The van der Waals surface area contributed by atoms with Crippen LogP contribution in [0, 0.1) is 0 Å². The van der Waals surface area contributed by atoms with Crippen molar-refractivity contribution in [2.75, 3.05) is 113 Å². The molecule has 0 heterocycles. The molecule has 214 valence electrons. The maximum absolute atomic E-state index is 5.61. The Morgan fingerprint density at radius 1 is 0.600 bits per heavy atom. The molecule has 0 fully saturated rings. The molecule has 0 amide bonds. The van der Waals surface area contributed by atoms with Crippen LogP contribution in [-0.4, -0.2) is 122 Å². The van der Waals surface area contributed by atoms with Crippen LogP contribution < -0.4 is 0 Å². The number of thiol groups is 1. The van der Waals surface area contributed by atoms with Crippen molar-refractivity contribution in [2.45, 2.75) is 58.6 Å². The second-order valence-electron chi connectivity index (χ2n) is 8.50. The fraction of sp³-hybridized carbons (Fsp3) is 1.00. The van der Waals surface area contributed by atoms with Gasteiger partial charge in [0.1, 0.15) is 0 Å². The van der Waals surface area contributed by atoms with Crippen molar-refractivity contribution >= 4 is 12.6 Å². The Bertz CT molecular complexity index is 393. The highest BCUT2D eigenvalue weighted by molar-refractivity contribution is 7.81. The summed E-state index contributed by atoms with van der Waals surface area (Å²) < 4.78 is 38.2. The number of methoxy groups -OCH3 is 1. The van der Waals surface area contributed by atoms with Crippen LogP contribution in [0.15, 0.2) is 0 Å². The second-order valence-corrected chi connectivity index (χ2v) is 9.58. The molecule has 0 aliphatic carbocycles. The summed E-state index contributed by atoms with van der Waals surface area (Å²) in [7, 11) is 1.72. The number of nitrogens with zero attached hydrogens (tertiary/aromatic N) is 1. The van der Waals surface area contributed by atoms with Gasteiger partial charge in [0.15, 0.2) is 0 Å². The quantitative estimate of drug-likeness (QED) is 0.134. The number of hydrogen-bond acceptors (Lipinski definition) is 9. The minimum Gasteiger partial charge on any atom is -0.383 e. The number of ether oxygens (including phenoxy) is 7. The van der Waals surface area contributed by atoms with Gasteiger partial charge in [0.25, 0.3) is 0 Å². The smallest absolute Gasteiger partial charge is 0.0701 e. The molecule has 9 heteroatoms. The largest absolute Gasteiger partial charge is 0.383 e. The highest BCUT2D eigenvalue weighted by atomic mass is 32.1. The summed E-state index contributed by atoms with van der Waals surface area (Å²) in [5.41, 5.74) is 0. The van der Waals surface area contributed by atoms with Crippen LogP contribution >= 0.6 is 12.6 Å². The van der Waals surface area contributed by atoms with Crippen LogP contribution in [0.3, 0.4) is 0 Å². The van der Waals surface area contributed by atoms with Gasteiger partial charge in [-0.25, -0.2) is 0 Å². The third-order valence-corrected chi connectivity index (χ3v) is 5.03. The van der Waals surface area contributed by atoms with E-state index in [0.717, 1.165) is 39.1 Å². The van der Waals surface area contributed by atoms with E-state index in [2.05, 4.69) is 52.1 Å². The molecule has 0 rings (SSSR count). The standard InChI is InChI=1S/C23H49NO7S.C3H8/c1-5-7-23(3,32)22-31-21-20-30-19-18-29-17-16-28-15-14-27-13-12-26-11-9-24(6-2)8-10-25-4;1-3-2/h32H,5-22H2,1-4H3;3H2,1-2H3. The van der Waals surface area contributed by atoms with Gasteiger partial charge in [-0.3, -0.25) is 4.90 Å². The van der Waals surface area contributed by atoms with E-state index in [1.807, 2.05) is 0 Å². The molecule has 1 unspecified atom stereocenters. The summed E-state index contributed by atoms with van der Waals surface area (Å²) in [6, 6.07) is 0. The molecule has 1 atom stereocenters. The van der Waals surface area contributed by atoms with Crippen LogP contribution in [0.25, 0.3) is 0 Å². The summed E-state index contributed by atoms with van der Waals surface area (Å²) in [5.74, 6) is 0. The molecule has 0 aromatic rings. The molecule has 0 N–H and O–H groups in total. The highest BCUT2D eigenvalue weighted by Gasteiger charge is 2.17. The van der Waals surface area contributed by atoms with Gasteiger partial charge >= 0.3 is 0 Å². The van der Waals surface area contributed by atoms with Crippen molar-refractivity contribution in [2.24, 2.45) is 0 Å². The van der Waals surface area contributed by atoms with Gasteiger partial charge in [-0.05, 0) is 19.9 Å². The lowest BCUT2D eigenvalue weighted by Crippen LogP contribution is -2.30. The summed E-state index contributed by atoms with van der Waals surface area (Å²) in [4.78, 5) is 2.30. The lowest BCUT2D eigenvalue weighted by Gasteiger charge is -2.22. The first-order chi connectivity index (χ1) is 17.0. The summed E-state index contributed by atoms with van der Waals surface area (Å²) in [6.07, 6.45) is 3.40. The third kappa shape index (κ3) is 32.0. The van der Waals surface area contributed by atoms with Gasteiger partial charge in [0, 0.05) is 24.9 Å². The van der Waals surface area contributed by atoms with Crippen molar-refractivity contribution in [3.8, 4) is 0 Å². The van der Waals surface area contributed by atoms with E-state index in [0.29, 0.717) is 79.3 Å². The van der Waals surface area contributed by atoms with Gasteiger partial charge in [-0.15, -0.1) is 0 Å². The monoisotopic (exact) mass is 527 g/mol. The molecule has 0 spiro atoms. The van der Waals surface area contributed by atoms with Gasteiger partial charge in [-0.2, -0.15) is 12.6 Å². The van der Waals surface area contributed by atoms with Crippen molar-refractivity contribution in [1.29, 1.82) is 0 Å². The molecule has 8 nitrogen and oxygen atoms in total. The molecule has 0 aromatic carbocycles. The molecule has 0 aliphatic rings. The van der Waals surface area contributed by atoms with E-state index in [9.17, 15) is 0 Å². The normalized spacial score (nSPS) is 13.0. The van der Waals surface area contributed by atoms with Crippen molar-refractivity contribution in [3.63, 3.8) is 0 Å². The van der Waals surface area contributed by atoms with E-state index in [-0.39, 0.29) is 4.75 Å². The minimum absolute atomic E-state index is 0.0579. The topological polar surface area (TPSA) is 67.9 Å². The zero-order valence-electron chi connectivity index (χ0n) is 23.7. The Kier molecular flexibility index (Phi) is 32.1. The molecule has 0 saturated heterocycles. The van der Waals surface area contributed by atoms with Crippen molar-refractivity contribution < 1.29 is 33.2 Å². The minimum atomic E-state index is -0.0579. The molecule has 0 radical (unpaired) electrons. The van der Waals surface area contributed by atoms with E-state index in [1.54, 1.807) is 7.11 Å². The Labute approximate surface area is 222 Å². The van der Waals surface area contributed by atoms with E-state index in [4.69, 9.17) is 33.2 Å². The number of hydrogen-bond donors (Lipinski definition) is 1. The van der Waals surface area contributed by atoms with Crippen molar-refractivity contribution in [3.05, 3.63) is 0 Å². The van der Waals surface area contributed by atoms with Gasteiger partial charge in [-0.1, -0.05) is 40.5 Å². The van der Waals surface area contributed by atoms with Crippen molar-refractivity contribution in [1.82, 2.24) is 4.90 Å². The Balaban J connectivity index is 0. The molecular formula is C26H57NO7S. The van der Waals surface area contributed by atoms with Gasteiger partial charge in [0.2, 0.25) is 0 Å². The predicted molar refractivity (Wildman–Crippen MR) is 147 cm³/mol. The molecule has 0 aromatic heterocycles. The predicted octanol–water partition coefficient (Wildman–Crippen LogP) is 3.96. The average Bonchev–Trinajstić information content (AvgIpc) is 2.82. The summed E-state index contributed by atoms with van der Waals surface area (Å²) in [6.45, 7) is 21.3. The van der Waals surface area contributed by atoms with E-state index in [1.165, 1.54) is 6.42 Å². The van der Waals surface area contributed by atoms with Crippen LogP contribution in [0.2, 0.25) is 0 Å². The summed E-state index contributed by atoms with van der Waals surface area (Å²) in [5, 5.41) is 0. The highest BCUT2D eigenvalue weighted by Crippen LogP contribution is 2.20. The average molecular weight is 528 g/mol. The van der Waals surface area contributed by atoms with Crippen LogP contribution in [0.1, 0.15) is 53.9 Å². The maximum Gasteiger partial charge on any atom is 0.0701 e.